The van der Waals surface area contributed by atoms with Crippen molar-refractivity contribution >= 4 is 0 Å². The standard InChI is InChI=1S/C7H15NO/c1-5-3-7(4-5)8-6(2)9/h5-9H,3-4H2,1-2H3. The van der Waals surface area contributed by atoms with E-state index in [1.807, 2.05) is 0 Å². The van der Waals surface area contributed by atoms with Crippen molar-refractivity contribution in [1.29, 1.82) is 0 Å². The number of aliphatic hydroxyl groups excluding tert-OH is 1. The van der Waals surface area contributed by atoms with Gasteiger partial charge in [-0.2, -0.15) is 0 Å². The Hall–Kier alpha value is -0.0800. The Morgan fingerprint density at radius 1 is 1.56 bits per heavy atom. The first kappa shape index (κ1) is 7.03. The van der Waals surface area contributed by atoms with Crippen molar-refractivity contribution in [2.75, 3.05) is 0 Å². The van der Waals surface area contributed by atoms with Crippen LogP contribution in [0.4, 0.5) is 0 Å². The SMILES string of the molecule is CC1CC(NC(C)O)C1. The third-order valence-electron chi connectivity index (χ3n) is 1.85. The molecule has 1 aliphatic carbocycles. The number of rotatable bonds is 2. The molecule has 0 bridgehead atoms. The average molecular weight is 129 g/mol. The van der Waals surface area contributed by atoms with Crippen molar-refractivity contribution in [3.05, 3.63) is 0 Å². The summed E-state index contributed by atoms with van der Waals surface area (Å²) < 4.78 is 0. The van der Waals surface area contributed by atoms with E-state index >= 15 is 0 Å². The maximum Gasteiger partial charge on any atom is 0.102 e. The highest BCUT2D eigenvalue weighted by atomic mass is 16.3. The molecule has 9 heavy (non-hydrogen) atoms. The molecular formula is C7H15NO. The quantitative estimate of drug-likeness (QED) is 0.538. The summed E-state index contributed by atoms with van der Waals surface area (Å²) in [6.07, 6.45) is 2.12. The van der Waals surface area contributed by atoms with Crippen LogP contribution in [0, 0.1) is 5.92 Å². The van der Waals surface area contributed by atoms with Crippen LogP contribution in [0.5, 0.6) is 0 Å². The fourth-order valence-corrected chi connectivity index (χ4v) is 1.38. The zero-order valence-corrected chi connectivity index (χ0v) is 6.09. The number of aliphatic hydroxyl groups is 1. The van der Waals surface area contributed by atoms with Gasteiger partial charge in [0.1, 0.15) is 6.23 Å². The van der Waals surface area contributed by atoms with Crippen molar-refractivity contribution in [2.45, 2.75) is 39.0 Å². The third kappa shape index (κ3) is 1.95. The van der Waals surface area contributed by atoms with Gasteiger partial charge in [-0.05, 0) is 25.7 Å². The van der Waals surface area contributed by atoms with Gasteiger partial charge in [0.25, 0.3) is 0 Å². The molecule has 2 heteroatoms. The molecule has 2 N–H and O–H groups in total. The molecule has 0 aromatic rings. The maximum atomic E-state index is 8.86. The predicted molar refractivity (Wildman–Crippen MR) is 37.0 cm³/mol. The monoisotopic (exact) mass is 129 g/mol. The van der Waals surface area contributed by atoms with Crippen molar-refractivity contribution in [2.24, 2.45) is 5.92 Å². The van der Waals surface area contributed by atoms with Gasteiger partial charge in [0, 0.05) is 6.04 Å². The van der Waals surface area contributed by atoms with Crippen molar-refractivity contribution in [1.82, 2.24) is 5.32 Å². The second-order valence-electron chi connectivity index (χ2n) is 3.12. The summed E-state index contributed by atoms with van der Waals surface area (Å²) in [5, 5.41) is 11.9. The van der Waals surface area contributed by atoms with E-state index in [2.05, 4.69) is 12.2 Å². The number of hydrogen-bond acceptors (Lipinski definition) is 2. The van der Waals surface area contributed by atoms with Gasteiger partial charge in [-0.1, -0.05) is 6.92 Å². The van der Waals surface area contributed by atoms with Gasteiger partial charge in [0.2, 0.25) is 0 Å². The van der Waals surface area contributed by atoms with E-state index in [-0.39, 0.29) is 6.23 Å². The minimum atomic E-state index is -0.331. The average Bonchev–Trinajstić information content (AvgIpc) is 1.60. The Morgan fingerprint density at radius 2 is 2.11 bits per heavy atom. The molecule has 1 fully saturated rings. The molecule has 1 rings (SSSR count). The highest BCUT2D eigenvalue weighted by Gasteiger charge is 2.25. The summed E-state index contributed by atoms with van der Waals surface area (Å²) in [6, 6.07) is 0.583. The fraction of sp³-hybridized carbons (Fsp3) is 1.00. The second-order valence-corrected chi connectivity index (χ2v) is 3.12. The molecule has 0 aromatic heterocycles. The van der Waals surface area contributed by atoms with Crippen LogP contribution >= 0.6 is 0 Å². The minimum absolute atomic E-state index is 0.331. The van der Waals surface area contributed by atoms with E-state index in [0.717, 1.165) is 5.92 Å². The first-order valence-electron chi connectivity index (χ1n) is 3.62. The molecule has 1 unspecified atom stereocenters. The zero-order valence-electron chi connectivity index (χ0n) is 6.09. The molecule has 0 spiro atoms. The maximum absolute atomic E-state index is 8.86. The van der Waals surface area contributed by atoms with Gasteiger partial charge in [-0.3, -0.25) is 5.32 Å². The summed E-state index contributed by atoms with van der Waals surface area (Å²) in [4.78, 5) is 0. The minimum Gasteiger partial charge on any atom is -0.379 e. The molecule has 2 nitrogen and oxygen atoms in total. The van der Waals surface area contributed by atoms with Crippen molar-refractivity contribution in [3.63, 3.8) is 0 Å². The van der Waals surface area contributed by atoms with Crippen LogP contribution in [-0.4, -0.2) is 17.4 Å². The Morgan fingerprint density at radius 3 is 2.44 bits per heavy atom. The molecule has 0 amide bonds. The van der Waals surface area contributed by atoms with Gasteiger partial charge in [-0.15, -0.1) is 0 Å². The molecule has 1 atom stereocenters. The number of nitrogens with one attached hydrogen (secondary N) is 1. The normalized spacial score (nSPS) is 37.7. The lowest BCUT2D eigenvalue weighted by molar-refractivity contribution is 0.103. The summed E-state index contributed by atoms with van der Waals surface area (Å²) in [6.45, 7) is 4.00. The van der Waals surface area contributed by atoms with E-state index < -0.39 is 0 Å². The van der Waals surface area contributed by atoms with Gasteiger partial charge >= 0.3 is 0 Å². The molecule has 54 valence electrons. The highest BCUT2D eigenvalue weighted by Crippen LogP contribution is 2.26. The smallest absolute Gasteiger partial charge is 0.102 e. The van der Waals surface area contributed by atoms with Crippen LogP contribution in [0.2, 0.25) is 0 Å². The summed E-state index contributed by atoms with van der Waals surface area (Å²) in [5.74, 6) is 0.862. The predicted octanol–water partition coefficient (Wildman–Crippen LogP) is 0.713. The van der Waals surface area contributed by atoms with Crippen LogP contribution in [0.1, 0.15) is 26.7 Å². The first-order valence-corrected chi connectivity index (χ1v) is 3.62. The fourth-order valence-electron chi connectivity index (χ4n) is 1.38. The third-order valence-corrected chi connectivity index (χ3v) is 1.85. The molecule has 0 radical (unpaired) electrons. The Kier molecular flexibility index (Phi) is 2.09. The van der Waals surface area contributed by atoms with Gasteiger partial charge in [0.05, 0.1) is 0 Å². The summed E-state index contributed by atoms with van der Waals surface area (Å²) in [7, 11) is 0. The second kappa shape index (κ2) is 2.67. The largest absolute Gasteiger partial charge is 0.379 e. The molecule has 1 aliphatic rings. The lowest BCUT2D eigenvalue weighted by Gasteiger charge is -2.34. The highest BCUT2D eigenvalue weighted by molar-refractivity contribution is 4.82. The summed E-state index contributed by atoms with van der Waals surface area (Å²) >= 11 is 0. The molecular weight excluding hydrogens is 114 g/mol. The first-order chi connectivity index (χ1) is 4.18. The van der Waals surface area contributed by atoms with Crippen LogP contribution < -0.4 is 5.32 Å². The van der Waals surface area contributed by atoms with Crippen molar-refractivity contribution < 1.29 is 5.11 Å². The van der Waals surface area contributed by atoms with Gasteiger partial charge in [-0.25, -0.2) is 0 Å². The molecule has 0 aromatic carbocycles. The number of hydrogen-bond donors (Lipinski definition) is 2. The molecule has 1 saturated carbocycles. The van der Waals surface area contributed by atoms with E-state index in [1.165, 1.54) is 12.8 Å². The summed E-state index contributed by atoms with van der Waals surface area (Å²) in [5.41, 5.74) is 0. The van der Waals surface area contributed by atoms with Crippen LogP contribution in [0.3, 0.4) is 0 Å². The lowest BCUT2D eigenvalue weighted by atomic mass is 9.82. The van der Waals surface area contributed by atoms with Crippen molar-refractivity contribution in [3.8, 4) is 0 Å². The molecule has 0 heterocycles. The van der Waals surface area contributed by atoms with E-state index in [4.69, 9.17) is 5.11 Å². The topological polar surface area (TPSA) is 32.3 Å². The lowest BCUT2D eigenvalue weighted by Crippen LogP contribution is -2.44. The van der Waals surface area contributed by atoms with E-state index in [9.17, 15) is 0 Å². The van der Waals surface area contributed by atoms with Gasteiger partial charge < -0.3 is 5.11 Å². The Balaban J connectivity index is 2.04. The van der Waals surface area contributed by atoms with Crippen LogP contribution in [0.25, 0.3) is 0 Å². The zero-order chi connectivity index (χ0) is 6.85. The van der Waals surface area contributed by atoms with Crippen LogP contribution in [-0.2, 0) is 0 Å². The molecule has 0 saturated heterocycles. The Bertz CT molecular complexity index is 86.9. The molecule has 0 aliphatic heterocycles. The Labute approximate surface area is 56.3 Å². The van der Waals surface area contributed by atoms with E-state index in [1.54, 1.807) is 6.92 Å². The van der Waals surface area contributed by atoms with Gasteiger partial charge in [0.15, 0.2) is 0 Å². The van der Waals surface area contributed by atoms with E-state index in [0.29, 0.717) is 6.04 Å². The van der Waals surface area contributed by atoms with Crippen LogP contribution in [0.15, 0.2) is 0 Å².